The van der Waals surface area contributed by atoms with E-state index >= 15 is 0 Å². The van der Waals surface area contributed by atoms with Gasteiger partial charge in [-0.15, -0.1) is 0 Å². The number of amides is 2. The number of rotatable bonds is 11. The smallest absolute Gasteiger partial charge is 0.261 e. The van der Waals surface area contributed by atoms with Crippen molar-refractivity contribution in [1.29, 1.82) is 0 Å². The lowest BCUT2D eigenvalue weighted by Crippen LogP contribution is -2.53. The zero-order valence-corrected chi connectivity index (χ0v) is 20.5. The molecule has 35 heavy (non-hydrogen) atoms. The van der Waals surface area contributed by atoms with Gasteiger partial charge in [-0.3, -0.25) is 9.59 Å². The second kappa shape index (κ2) is 12.7. The first-order chi connectivity index (χ1) is 16.9. The van der Waals surface area contributed by atoms with Crippen molar-refractivity contribution in [1.82, 2.24) is 10.2 Å². The number of halogens is 1. The fourth-order valence-corrected chi connectivity index (χ4v) is 3.67. The fourth-order valence-electron chi connectivity index (χ4n) is 3.67. The molecule has 184 valence electrons. The second-order valence-corrected chi connectivity index (χ2v) is 8.74. The summed E-state index contributed by atoms with van der Waals surface area (Å²) in [6.45, 7) is 5.55. The van der Waals surface area contributed by atoms with E-state index in [1.807, 2.05) is 63.2 Å². The Kier molecular flexibility index (Phi) is 9.41. The van der Waals surface area contributed by atoms with Gasteiger partial charge in [-0.25, -0.2) is 4.39 Å². The summed E-state index contributed by atoms with van der Waals surface area (Å²) < 4.78 is 20.3. The topological polar surface area (TPSA) is 58.6 Å². The lowest BCUT2D eigenvalue weighted by Gasteiger charge is -2.32. The maximum absolute atomic E-state index is 14.6. The van der Waals surface area contributed by atoms with Crippen molar-refractivity contribution < 1.29 is 18.7 Å². The molecule has 0 aliphatic rings. The van der Waals surface area contributed by atoms with Gasteiger partial charge in [-0.05, 0) is 44.0 Å². The molecule has 2 amide bonds. The number of benzene rings is 3. The van der Waals surface area contributed by atoms with Crippen molar-refractivity contribution in [2.24, 2.45) is 0 Å². The van der Waals surface area contributed by atoms with Gasteiger partial charge in [0, 0.05) is 24.6 Å². The zero-order valence-electron chi connectivity index (χ0n) is 20.5. The van der Waals surface area contributed by atoms with Crippen molar-refractivity contribution in [3.8, 4) is 5.75 Å². The summed E-state index contributed by atoms with van der Waals surface area (Å²) in [5, 5.41) is 3.00. The van der Waals surface area contributed by atoms with Gasteiger partial charge >= 0.3 is 0 Å². The third-order valence-electron chi connectivity index (χ3n) is 5.95. The van der Waals surface area contributed by atoms with Crippen LogP contribution in [0.2, 0.25) is 0 Å². The molecule has 0 aliphatic carbocycles. The van der Waals surface area contributed by atoms with Crippen molar-refractivity contribution in [3.05, 3.63) is 101 Å². The summed E-state index contributed by atoms with van der Waals surface area (Å²) in [4.78, 5) is 28.3. The number of nitrogens with one attached hydrogen (secondary N) is 1. The van der Waals surface area contributed by atoms with E-state index in [4.69, 9.17) is 4.74 Å². The Balaban J connectivity index is 1.91. The summed E-state index contributed by atoms with van der Waals surface area (Å²) in [7, 11) is 0. The van der Waals surface area contributed by atoms with Gasteiger partial charge in [-0.2, -0.15) is 0 Å². The van der Waals surface area contributed by atoms with E-state index in [0.29, 0.717) is 17.7 Å². The van der Waals surface area contributed by atoms with Gasteiger partial charge in [0.15, 0.2) is 6.61 Å². The molecule has 0 aromatic heterocycles. The van der Waals surface area contributed by atoms with Crippen molar-refractivity contribution in [2.75, 3.05) is 6.61 Å². The molecule has 3 aromatic rings. The average Bonchev–Trinajstić information content (AvgIpc) is 2.87. The van der Waals surface area contributed by atoms with E-state index in [-0.39, 0.29) is 25.1 Å². The summed E-state index contributed by atoms with van der Waals surface area (Å²) in [6, 6.07) is 22.3. The summed E-state index contributed by atoms with van der Waals surface area (Å²) in [5.41, 5.74) is 2.32. The number of hydrogen-bond donors (Lipinski definition) is 1. The highest BCUT2D eigenvalue weighted by Crippen LogP contribution is 2.18. The van der Waals surface area contributed by atoms with Crippen LogP contribution < -0.4 is 10.1 Å². The van der Waals surface area contributed by atoms with Crippen LogP contribution in [0.1, 0.15) is 37.0 Å². The third-order valence-corrected chi connectivity index (χ3v) is 5.95. The normalized spacial score (nSPS) is 12.5. The Morgan fingerprint density at radius 1 is 0.971 bits per heavy atom. The molecule has 3 rings (SSSR count). The minimum Gasteiger partial charge on any atom is -0.484 e. The number of ether oxygens (including phenoxy) is 1. The van der Waals surface area contributed by atoms with Gasteiger partial charge in [0.1, 0.15) is 17.6 Å². The number of nitrogens with zero attached hydrogens (tertiary/aromatic N) is 1. The van der Waals surface area contributed by atoms with Crippen molar-refractivity contribution >= 4 is 11.8 Å². The zero-order chi connectivity index (χ0) is 25.2. The lowest BCUT2D eigenvalue weighted by atomic mass is 10.0. The Labute approximate surface area is 206 Å². The van der Waals surface area contributed by atoms with Crippen molar-refractivity contribution in [3.63, 3.8) is 0 Å². The van der Waals surface area contributed by atoms with Crippen LogP contribution in [0, 0.1) is 12.7 Å². The molecule has 0 unspecified atom stereocenters. The molecule has 0 bridgehead atoms. The van der Waals surface area contributed by atoms with Crippen LogP contribution in [-0.2, 0) is 22.6 Å². The first-order valence-electron chi connectivity index (χ1n) is 11.9. The molecule has 0 fully saturated rings. The minimum absolute atomic E-state index is 0.0474. The Morgan fingerprint density at radius 2 is 1.63 bits per heavy atom. The number of carbonyl (C=O) groups is 2. The third kappa shape index (κ3) is 7.67. The van der Waals surface area contributed by atoms with Crippen LogP contribution in [0.25, 0.3) is 0 Å². The van der Waals surface area contributed by atoms with E-state index in [2.05, 4.69) is 5.32 Å². The maximum atomic E-state index is 14.6. The molecule has 3 aromatic carbocycles. The van der Waals surface area contributed by atoms with Gasteiger partial charge in [-0.1, -0.05) is 73.2 Å². The molecule has 0 aliphatic heterocycles. The maximum Gasteiger partial charge on any atom is 0.261 e. The number of aryl methyl sites for hydroxylation is 1. The lowest BCUT2D eigenvalue weighted by molar-refractivity contribution is -0.143. The molecule has 0 saturated heterocycles. The number of hydrogen-bond acceptors (Lipinski definition) is 3. The quantitative estimate of drug-likeness (QED) is 0.421. The molecule has 0 radical (unpaired) electrons. The van der Waals surface area contributed by atoms with Gasteiger partial charge in [0.05, 0.1) is 0 Å². The van der Waals surface area contributed by atoms with Crippen LogP contribution in [0.3, 0.4) is 0 Å². The molecule has 5 nitrogen and oxygen atoms in total. The first-order valence-corrected chi connectivity index (χ1v) is 11.9. The van der Waals surface area contributed by atoms with Gasteiger partial charge in [0.2, 0.25) is 5.91 Å². The summed E-state index contributed by atoms with van der Waals surface area (Å²) >= 11 is 0. The van der Waals surface area contributed by atoms with Crippen LogP contribution in [0.5, 0.6) is 5.75 Å². The van der Waals surface area contributed by atoms with E-state index in [9.17, 15) is 14.0 Å². The Morgan fingerprint density at radius 3 is 2.29 bits per heavy atom. The molecule has 2 atom stereocenters. The monoisotopic (exact) mass is 476 g/mol. The molecular weight excluding hydrogens is 443 g/mol. The van der Waals surface area contributed by atoms with Crippen LogP contribution in [0.4, 0.5) is 4.39 Å². The predicted octanol–water partition coefficient (Wildman–Crippen LogP) is 5.07. The van der Waals surface area contributed by atoms with Gasteiger partial charge < -0.3 is 15.0 Å². The second-order valence-electron chi connectivity index (χ2n) is 8.74. The molecular formula is C29H33FN2O3. The van der Waals surface area contributed by atoms with Gasteiger partial charge in [0.25, 0.3) is 5.91 Å². The summed E-state index contributed by atoms with van der Waals surface area (Å²) in [5.74, 6) is -0.540. The molecule has 0 spiro atoms. The Hall–Kier alpha value is -3.67. The largest absolute Gasteiger partial charge is 0.484 e. The number of carbonyl (C=O) groups excluding carboxylic acids is 2. The molecule has 0 heterocycles. The Bertz CT molecular complexity index is 1100. The van der Waals surface area contributed by atoms with E-state index in [0.717, 1.165) is 17.5 Å². The first kappa shape index (κ1) is 25.9. The fraction of sp³-hybridized carbons (Fsp3) is 0.310. The molecule has 1 N–H and O–H groups in total. The highest BCUT2D eigenvalue weighted by atomic mass is 19.1. The SMILES string of the molecule is CC[C@H](C)NC(=O)[C@H](Cc1ccccc1)N(Cc1ccccc1F)C(=O)COc1ccc(C)cc1. The van der Waals surface area contributed by atoms with Crippen LogP contribution in [-0.4, -0.2) is 35.4 Å². The average molecular weight is 477 g/mol. The van der Waals surface area contributed by atoms with E-state index < -0.39 is 17.8 Å². The standard InChI is InChI=1S/C29H33FN2O3/c1-4-22(3)31-29(34)27(18-23-10-6-5-7-11-23)32(19-24-12-8-9-13-26(24)30)28(33)20-35-25-16-14-21(2)15-17-25/h5-17,22,27H,4,18-20H2,1-3H3,(H,31,34)/t22-,27-/m0/s1. The molecule has 6 heteroatoms. The highest BCUT2D eigenvalue weighted by molar-refractivity contribution is 5.88. The molecule has 0 saturated carbocycles. The minimum atomic E-state index is -0.833. The highest BCUT2D eigenvalue weighted by Gasteiger charge is 2.31. The van der Waals surface area contributed by atoms with E-state index in [1.54, 1.807) is 30.3 Å². The van der Waals surface area contributed by atoms with Crippen LogP contribution >= 0.6 is 0 Å². The van der Waals surface area contributed by atoms with Crippen LogP contribution in [0.15, 0.2) is 78.9 Å². The van der Waals surface area contributed by atoms with Crippen molar-refractivity contribution in [2.45, 2.75) is 52.2 Å². The summed E-state index contributed by atoms with van der Waals surface area (Å²) in [6.07, 6.45) is 1.05. The predicted molar refractivity (Wildman–Crippen MR) is 135 cm³/mol. The van der Waals surface area contributed by atoms with E-state index in [1.165, 1.54) is 11.0 Å².